The average molecular weight is 292 g/mol. The van der Waals surface area contributed by atoms with Crippen molar-refractivity contribution in [3.05, 3.63) is 11.8 Å². The Balaban J connectivity index is 2.86. The fourth-order valence-corrected chi connectivity index (χ4v) is 1.51. The Hall–Kier alpha value is -1.57. The molecule has 8 heteroatoms. The van der Waals surface area contributed by atoms with Crippen LogP contribution < -0.4 is 10.6 Å². The van der Waals surface area contributed by atoms with E-state index in [0.717, 1.165) is 6.07 Å². The van der Waals surface area contributed by atoms with E-state index >= 15 is 0 Å². The van der Waals surface area contributed by atoms with Gasteiger partial charge in [-0.05, 0) is 20.8 Å². The number of ether oxygens (including phenoxy) is 1. The van der Waals surface area contributed by atoms with E-state index < -0.39 is 11.9 Å². The molecule has 0 fully saturated rings. The summed E-state index contributed by atoms with van der Waals surface area (Å²) in [6.45, 7) is 6.79. The predicted molar refractivity (Wildman–Crippen MR) is 70.8 cm³/mol. The molecule has 20 heavy (non-hydrogen) atoms. The monoisotopic (exact) mass is 292 g/mol. The third kappa shape index (κ3) is 5.20. The first kappa shape index (κ1) is 16.5. The SMILES string of the molecule is CCNc1nc(NCC(C)OCC)cc(C(F)(F)F)n1. The van der Waals surface area contributed by atoms with Gasteiger partial charge in [-0.2, -0.15) is 18.2 Å². The molecular weight excluding hydrogens is 273 g/mol. The average Bonchev–Trinajstić information content (AvgIpc) is 2.36. The molecule has 114 valence electrons. The molecule has 0 aliphatic rings. The number of hydrogen-bond acceptors (Lipinski definition) is 5. The highest BCUT2D eigenvalue weighted by molar-refractivity contribution is 5.43. The Labute approximate surface area is 116 Å². The van der Waals surface area contributed by atoms with E-state index in [1.54, 1.807) is 6.92 Å². The summed E-state index contributed by atoms with van der Waals surface area (Å²) < 4.78 is 43.5. The third-order valence-electron chi connectivity index (χ3n) is 2.37. The smallest absolute Gasteiger partial charge is 0.377 e. The van der Waals surface area contributed by atoms with Crippen LogP contribution in [0.4, 0.5) is 24.9 Å². The molecule has 2 N–H and O–H groups in total. The zero-order chi connectivity index (χ0) is 15.2. The maximum Gasteiger partial charge on any atom is 0.433 e. The zero-order valence-corrected chi connectivity index (χ0v) is 11.7. The van der Waals surface area contributed by atoms with E-state index in [4.69, 9.17) is 4.74 Å². The second-order valence-electron chi connectivity index (χ2n) is 4.14. The van der Waals surface area contributed by atoms with Crippen LogP contribution in [0.3, 0.4) is 0 Å². The van der Waals surface area contributed by atoms with Crippen molar-refractivity contribution in [2.24, 2.45) is 0 Å². The number of alkyl halides is 3. The molecule has 1 unspecified atom stereocenters. The first-order valence-electron chi connectivity index (χ1n) is 6.42. The zero-order valence-electron chi connectivity index (χ0n) is 11.7. The number of nitrogens with zero attached hydrogens (tertiary/aromatic N) is 2. The van der Waals surface area contributed by atoms with Gasteiger partial charge in [-0.25, -0.2) is 4.98 Å². The molecule has 1 heterocycles. The van der Waals surface area contributed by atoms with Gasteiger partial charge in [0.1, 0.15) is 5.82 Å². The van der Waals surface area contributed by atoms with Crippen LogP contribution in [0.5, 0.6) is 0 Å². The molecule has 5 nitrogen and oxygen atoms in total. The lowest BCUT2D eigenvalue weighted by Crippen LogP contribution is -2.21. The Morgan fingerprint density at radius 1 is 1.25 bits per heavy atom. The van der Waals surface area contributed by atoms with Crippen LogP contribution in [0, 0.1) is 0 Å². The second kappa shape index (κ2) is 7.28. The van der Waals surface area contributed by atoms with Crippen LogP contribution >= 0.6 is 0 Å². The minimum absolute atomic E-state index is 0.0473. The maximum atomic E-state index is 12.7. The summed E-state index contributed by atoms with van der Waals surface area (Å²) >= 11 is 0. The highest BCUT2D eigenvalue weighted by Crippen LogP contribution is 2.29. The van der Waals surface area contributed by atoms with Crippen LogP contribution in [0.25, 0.3) is 0 Å². The van der Waals surface area contributed by atoms with Crippen LogP contribution in [-0.4, -0.2) is 35.8 Å². The summed E-state index contributed by atoms with van der Waals surface area (Å²) in [4.78, 5) is 7.42. The Morgan fingerprint density at radius 3 is 2.50 bits per heavy atom. The van der Waals surface area contributed by atoms with Gasteiger partial charge >= 0.3 is 6.18 Å². The standard InChI is InChI=1S/C12H19F3N4O/c1-4-16-11-18-9(12(13,14)15)6-10(19-11)17-7-8(3)20-5-2/h6,8H,4-5,7H2,1-3H3,(H2,16,17,18,19). The van der Waals surface area contributed by atoms with Crippen molar-refractivity contribution in [1.29, 1.82) is 0 Å². The van der Waals surface area contributed by atoms with Gasteiger partial charge in [0.25, 0.3) is 0 Å². The summed E-state index contributed by atoms with van der Waals surface area (Å²) in [6, 6.07) is 0.888. The van der Waals surface area contributed by atoms with Crippen molar-refractivity contribution in [3.63, 3.8) is 0 Å². The highest BCUT2D eigenvalue weighted by atomic mass is 19.4. The molecule has 0 saturated heterocycles. The highest BCUT2D eigenvalue weighted by Gasteiger charge is 2.33. The number of aromatic nitrogens is 2. The lowest BCUT2D eigenvalue weighted by atomic mass is 10.3. The van der Waals surface area contributed by atoms with Gasteiger partial charge in [-0.15, -0.1) is 0 Å². The van der Waals surface area contributed by atoms with E-state index in [1.165, 1.54) is 0 Å². The summed E-state index contributed by atoms with van der Waals surface area (Å²) in [7, 11) is 0. The van der Waals surface area contributed by atoms with Crippen molar-refractivity contribution >= 4 is 11.8 Å². The van der Waals surface area contributed by atoms with Gasteiger partial charge in [-0.3, -0.25) is 0 Å². The fourth-order valence-electron chi connectivity index (χ4n) is 1.51. The van der Waals surface area contributed by atoms with Gasteiger partial charge in [0.15, 0.2) is 5.69 Å². The van der Waals surface area contributed by atoms with Crippen molar-refractivity contribution in [2.45, 2.75) is 33.1 Å². The molecule has 0 aliphatic heterocycles. The first-order valence-corrected chi connectivity index (χ1v) is 6.42. The number of halogens is 3. The van der Waals surface area contributed by atoms with Crippen molar-refractivity contribution in [1.82, 2.24) is 9.97 Å². The summed E-state index contributed by atoms with van der Waals surface area (Å²) in [6.07, 6.45) is -4.62. The minimum Gasteiger partial charge on any atom is -0.377 e. The van der Waals surface area contributed by atoms with Gasteiger partial charge in [0, 0.05) is 25.8 Å². The molecule has 0 radical (unpaired) electrons. The molecule has 0 aliphatic carbocycles. The van der Waals surface area contributed by atoms with Crippen LogP contribution in [0.15, 0.2) is 6.07 Å². The van der Waals surface area contributed by atoms with E-state index in [0.29, 0.717) is 19.7 Å². The largest absolute Gasteiger partial charge is 0.433 e. The molecule has 1 atom stereocenters. The van der Waals surface area contributed by atoms with Gasteiger partial charge in [0.05, 0.1) is 6.10 Å². The van der Waals surface area contributed by atoms with E-state index in [9.17, 15) is 13.2 Å². The normalized spacial score (nSPS) is 13.1. The van der Waals surface area contributed by atoms with E-state index in [1.807, 2.05) is 13.8 Å². The lowest BCUT2D eigenvalue weighted by Gasteiger charge is -2.15. The minimum atomic E-state index is -4.50. The molecule has 0 saturated carbocycles. The fraction of sp³-hybridized carbons (Fsp3) is 0.667. The molecular formula is C12H19F3N4O. The molecule has 1 aromatic heterocycles. The molecule has 0 amide bonds. The Bertz CT molecular complexity index is 426. The van der Waals surface area contributed by atoms with E-state index in [2.05, 4.69) is 20.6 Å². The molecule has 1 aromatic rings. The number of rotatable bonds is 7. The number of anilines is 2. The van der Waals surface area contributed by atoms with Crippen LogP contribution in [0.2, 0.25) is 0 Å². The predicted octanol–water partition coefficient (Wildman–Crippen LogP) is 2.76. The number of hydrogen-bond donors (Lipinski definition) is 2. The Kier molecular flexibility index (Phi) is 6.00. The van der Waals surface area contributed by atoms with Crippen LogP contribution in [0.1, 0.15) is 26.5 Å². The summed E-state index contributed by atoms with van der Waals surface area (Å²) in [5.41, 5.74) is -0.977. The first-order chi connectivity index (χ1) is 9.36. The molecule has 1 rings (SSSR count). The van der Waals surface area contributed by atoms with Crippen LogP contribution in [-0.2, 0) is 10.9 Å². The van der Waals surface area contributed by atoms with Crippen molar-refractivity contribution < 1.29 is 17.9 Å². The van der Waals surface area contributed by atoms with Gasteiger partial charge in [0.2, 0.25) is 5.95 Å². The number of nitrogens with one attached hydrogen (secondary N) is 2. The quantitative estimate of drug-likeness (QED) is 0.809. The molecule has 0 aromatic carbocycles. The molecule has 0 bridgehead atoms. The lowest BCUT2D eigenvalue weighted by molar-refractivity contribution is -0.141. The van der Waals surface area contributed by atoms with Crippen molar-refractivity contribution in [2.75, 3.05) is 30.3 Å². The van der Waals surface area contributed by atoms with Crippen molar-refractivity contribution in [3.8, 4) is 0 Å². The topological polar surface area (TPSA) is 59.1 Å². The maximum absolute atomic E-state index is 12.7. The van der Waals surface area contributed by atoms with Gasteiger partial charge < -0.3 is 15.4 Å². The summed E-state index contributed by atoms with van der Waals surface area (Å²) in [5.74, 6) is 0.0729. The third-order valence-corrected chi connectivity index (χ3v) is 2.37. The summed E-state index contributed by atoms with van der Waals surface area (Å²) in [5, 5.41) is 5.50. The van der Waals surface area contributed by atoms with E-state index in [-0.39, 0.29) is 17.9 Å². The second-order valence-corrected chi connectivity index (χ2v) is 4.14. The molecule has 0 spiro atoms. The van der Waals surface area contributed by atoms with Gasteiger partial charge in [-0.1, -0.05) is 0 Å². The Morgan fingerprint density at radius 2 is 1.95 bits per heavy atom.